The van der Waals surface area contributed by atoms with Crippen LogP contribution in [0.5, 0.6) is 0 Å². The molecule has 0 aliphatic rings. The Hall–Kier alpha value is -2.54. The quantitative estimate of drug-likeness (QED) is 0.460. The lowest BCUT2D eigenvalue weighted by Crippen LogP contribution is -2.04. The minimum absolute atomic E-state index is 0.349. The molecule has 1 aromatic carbocycles. The van der Waals surface area contributed by atoms with E-state index in [0.717, 1.165) is 12.1 Å². The summed E-state index contributed by atoms with van der Waals surface area (Å²) in [6.45, 7) is 0. The monoisotopic (exact) mass is 252 g/mol. The zero-order valence-corrected chi connectivity index (χ0v) is 8.94. The Bertz CT molecular complexity index is 654. The van der Waals surface area contributed by atoms with Crippen molar-refractivity contribution in [2.75, 3.05) is 0 Å². The summed E-state index contributed by atoms with van der Waals surface area (Å²) >= 11 is 0. The van der Waals surface area contributed by atoms with Crippen LogP contribution in [0.1, 0.15) is 10.4 Å². The van der Waals surface area contributed by atoms with E-state index in [1.54, 1.807) is 0 Å². The number of sulfonamides is 1. The molecule has 0 N–H and O–H groups in total. The predicted octanol–water partition coefficient (Wildman–Crippen LogP) is 2.14. The Labute approximate surface area is 95.0 Å². The highest BCUT2D eigenvalue weighted by atomic mass is 32.2. The van der Waals surface area contributed by atoms with Crippen LogP contribution in [0.2, 0.25) is 0 Å². The molecule has 0 aliphatic heterocycles. The molecule has 10 heteroatoms. The Kier molecular flexibility index (Phi) is 3.68. The fraction of sp³-hybridized carbons (Fsp3) is 0. The summed E-state index contributed by atoms with van der Waals surface area (Å²) < 4.78 is 25.5. The average molecular weight is 252 g/mol. The van der Waals surface area contributed by atoms with Crippen molar-refractivity contribution in [2.45, 2.75) is 4.90 Å². The van der Waals surface area contributed by atoms with Gasteiger partial charge in [0.1, 0.15) is 0 Å². The lowest BCUT2D eigenvalue weighted by atomic mass is 10.2. The van der Waals surface area contributed by atoms with Gasteiger partial charge in [-0.15, -0.1) is 0 Å². The normalized spacial score (nSPS) is 9.88. The second-order valence-corrected chi connectivity index (χ2v) is 4.19. The summed E-state index contributed by atoms with van der Waals surface area (Å²) in [5, 5.41) is 2.77. The van der Waals surface area contributed by atoms with Gasteiger partial charge in [-0.1, -0.05) is 12.1 Å². The van der Waals surface area contributed by atoms with Gasteiger partial charge in [0.25, 0.3) is 10.0 Å². The van der Waals surface area contributed by atoms with E-state index in [2.05, 4.69) is 19.5 Å². The van der Waals surface area contributed by atoms with Gasteiger partial charge in [0.2, 0.25) is 5.91 Å². The molecule has 1 rings (SSSR count). The topological polar surface area (TPSA) is 149 Å². The molecule has 0 saturated carbocycles. The maximum Gasteiger partial charge on any atom is 0.265 e. The van der Waals surface area contributed by atoms with Crippen molar-refractivity contribution >= 4 is 15.9 Å². The smallest absolute Gasteiger partial charge is 0.265 e. The van der Waals surface area contributed by atoms with Crippen LogP contribution in [0.25, 0.3) is 20.9 Å². The number of hydrogen-bond acceptors (Lipinski definition) is 3. The van der Waals surface area contributed by atoms with E-state index in [1.165, 1.54) is 12.1 Å². The molecule has 1 amide bonds. The first-order valence-electron chi connectivity index (χ1n) is 4.03. The third kappa shape index (κ3) is 2.73. The summed E-state index contributed by atoms with van der Waals surface area (Å²) in [5.41, 5.74) is 15.9. The van der Waals surface area contributed by atoms with Crippen LogP contribution >= 0.6 is 0 Å². The van der Waals surface area contributed by atoms with Crippen molar-refractivity contribution in [3.8, 4) is 0 Å². The van der Waals surface area contributed by atoms with Crippen molar-refractivity contribution in [1.29, 1.82) is 0 Å². The van der Waals surface area contributed by atoms with E-state index in [-0.39, 0.29) is 5.56 Å². The molecule has 0 heterocycles. The van der Waals surface area contributed by atoms with Crippen LogP contribution < -0.4 is 0 Å². The molecule has 0 atom stereocenters. The SMILES string of the molecule is [N-]=[N+]=NC(=O)c1ccccc1S(=O)(=O)N=[N+]=[N-]. The number of benzene rings is 1. The van der Waals surface area contributed by atoms with E-state index in [4.69, 9.17) is 11.1 Å². The van der Waals surface area contributed by atoms with Gasteiger partial charge in [0.15, 0.2) is 0 Å². The van der Waals surface area contributed by atoms with E-state index < -0.39 is 20.8 Å². The van der Waals surface area contributed by atoms with Crippen LogP contribution in [0.4, 0.5) is 0 Å². The highest BCUT2D eigenvalue weighted by Crippen LogP contribution is 2.18. The van der Waals surface area contributed by atoms with Crippen LogP contribution in [0.3, 0.4) is 0 Å². The maximum absolute atomic E-state index is 11.5. The fourth-order valence-electron chi connectivity index (χ4n) is 1.05. The molecule has 0 aromatic heterocycles. The first kappa shape index (κ1) is 12.5. The first-order chi connectivity index (χ1) is 8.03. The lowest BCUT2D eigenvalue weighted by Gasteiger charge is -2.02. The van der Waals surface area contributed by atoms with Crippen LogP contribution in [0.15, 0.2) is 38.8 Å². The third-order valence-electron chi connectivity index (χ3n) is 1.67. The molecule has 0 radical (unpaired) electrons. The van der Waals surface area contributed by atoms with Gasteiger partial charge in [0.05, 0.1) is 4.90 Å². The van der Waals surface area contributed by atoms with Crippen LogP contribution in [0, 0.1) is 0 Å². The molecule has 0 fully saturated rings. The largest absolute Gasteiger partial charge is 0.287 e. The highest BCUT2D eigenvalue weighted by Gasteiger charge is 2.20. The first-order valence-corrected chi connectivity index (χ1v) is 5.47. The number of rotatable bonds is 3. The Balaban J connectivity index is 3.51. The van der Waals surface area contributed by atoms with Gasteiger partial charge < -0.3 is 0 Å². The van der Waals surface area contributed by atoms with Gasteiger partial charge in [-0.3, -0.25) is 4.79 Å². The van der Waals surface area contributed by atoms with Crippen LogP contribution in [-0.4, -0.2) is 14.3 Å². The predicted molar refractivity (Wildman–Crippen MR) is 56.3 cm³/mol. The Morgan fingerprint density at radius 3 is 2.41 bits per heavy atom. The van der Waals surface area contributed by atoms with Gasteiger partial charge >= 0.3 is 0 Å². The standard InChI is InChI=1S/C7H4N6O3S/c8-11-10-7(14)5-3-1-2-4-6(5)17(15,16)13-12-9/h1-4H. The van der Waals surface area contributed by atoms with Crippen molar-refractivity contribution in [3.63, 3.8) is 0 Å². The number of nitrogens with zero attached hydrogens (tertiary/aromatic N) is 6. The van der Waals surface area contributed by atoms with Crippen molar-refractivity contribution in [1.82, 2.24) is 0 Å². The summed E-state index contributed by atoms with van der Waals surface area (Å²) in [7, 11) is -4.30. The number of carbonyl (C=O) groups is 1. The molecular formula is C7H4N6O3S. The lowest BCUT2D eigenvalue weighted by molar-refractivity contribution is 0.0997. The summed E-state index contributed by atoms with van der Waals surface area (Å²) in [6, 6.07) is 4.95. The molecule has 86 valence electrons. The molecule has 17 heavy (non-hydrogen) atoms. The van der Waals surface area contributed by atoms with Gasteiger partial charge in [0, 0.05) is 19.9 Å². The van der Waals surface area contributed by atoms with E-state index in [1.807, 2.05) is 0 Å². The van der Waals surface area contributed by atoms with Crippen LogP contribution in [-0.2, 0) is 10.0 Å². The van der Waals surface area contributed by atoms with Crippen molar-refractivity contribution in [3.05, 3.63) is 50.7 Å². The molecule has 0 spiro atoms. The molecule has 1 aromatic rings. The fourth-order valence-corrected chi connectivity index (χ4v) is 1.92. The average Bonchev–Trinajstić information content (AvgIpc) is 2.29. The van der Waals surface area contributed by atoms with E-state index in [9.17, 15) is 13.2 Å². The number of carbonyl (C=O) groups excluding carboxylic acids is 1. The number of amides is 1. The molecule has 9 nitrogen and oxygen atoms in total. The zero-order chi connectivity index (χ0) is 12.9. The van der Waals surface area contributed by atoms with Gasteiger partial charge in [-0.2, -0.15) is 0 Å². The van der Waals surface area contributed by atoms with Gasteiger partial charge in [-0.25, -0.2) is 8.42 Å². The second kappa shape index (κ2) is 4.99. The molecular weight excluding hydrogens is 248 g/mol. The molecule has 0 saturated heterocycles. The van der Waals surface area contributed by atoms with E-state index in [0.29, 0.717) is 0 Å². The Morgan fingerprint density at radius 2 is 1.82 bits per heavy atom. The summed E-state index contributed by atoms with van der Waals surface area (Å²) in [6.07, 6.45) is 0. The maximum atomic E-state index is 11.5. The third-order valence-corrected chi connectivity index (χ3v) is 2.87. The minimum atomic E-state index is -4.30. The van der Waals surface area contributed by atoms with Crippen molar-refractivity contribution < 1.29 is 13.2 Å². The molecule has 0 unspecified atom stereocenters. The molecule has 0 aliphatic carbocycles. The number of hydrogen-bond donors (Lipinski definition) is 0. The van der Waals surface area contributed by atoms with Crippen molar-refractivity contribution in [2.24, 2.45) is 9.63 Å². The minimum Gasteiger partial charge on any atom is -0.287 e. The van der Waals surface area contributed by atoms with Gasteiger partial charge in [-0.05, 0) is 28.3 Å². The zero-order valence-electron chi connectivity index (χ0n) is 8.13. The summed E-state index contributed by atoms with van der Waals surface area (Å²) in [4.78, 5) is 15.2. The highest BCUT2D eigenvalue weighted by molar-refractivity contribution is 7.90. The Morgan fingerprint density at radius 1 is 1.18 bits per heavy atom. The summed E-state index contributed by atoms with van der Waals surface area (Å²) in [5.74, 6) is -1.07. The van der Waals surface area contributed by atoms with E-state index >= 15 is 0 Å². The number of azide groups is 2. The molecule has 0 bridgehead atoms. The second-order valence-electron chi connectivity index (χ2n) is 2.64.